The first-order valence-corrected chi connectivity index (χ1v) is 7.95. The number of rotatable bonds is 1. The number of amides is 1. The summed E-state index contributed by atoms with van der Waals surface area (Å²) in [4.78, 5) is 16.7. The summed E-state index contributed by atoms with van der Waals surface area (Å²) in [5.74, 6) is 0.705. The molecule has 1 aromatic rings. The Bertz CT molecular complexity index is 449. The van der Waals surface area contributed by atoms with E-state index in [4.69, 9.17) is 11.6 Å². The Hall–Kier alpha value is -0.540. The molecule has 0 aromatic carbocycles. The zero-order valence-electron chi connectivity index (χ0n) is 10.6. The van der Waals surface area contributed by atoms with Crippen LogP contribution in [0.1, 0.15) is 39.9 Å². The number of piperidine rings is 1. The van der Waals surface area contributed by atoms with Gasteiger partial charge < -0.3 is 4.90 Å². The first kappa shape index (κ1) is 12.5. The molecule has 3 rings (SSSR count). The number of carbonyl (C=O) groups excluding carboxylic acids is 1. The van der Waals surface area contributed by atoms with Gasteiger partial charge in [0.15, 0.2) is 0 Å². The Balaban J connectivity index is 1.74. The van der Waals surface area contributed by atoms with E-state index >= 15 is 0 Å². The van der Waals surface area contributed by atoms with Crippen molar-refractivity contribution < 1.29 is 4.79 Å². The van der Waals surface area contributed by atoms with Crippen LogP contribution in [-0.4, -0.2) is 29.3 Å². The minimum absolute atomic E-state index is 0.106. The third-order valence-electron chi connectivity index (χ3n) is 4.11. The number of halogens is 1. The molecule has 1 aromatic heterocycles. The predicted molar refractivity (Wildman–Crippen MR) is 75.7 cm³/mol. The lowest BCUT2D eigenvalue weighted by Crippen LogP contribution is -2.43. The lowest BCUT2D eigenvalue weighted by molar-refractivity contribution is 0.0706. The molecule has 2 unspecified atom stereocenters. The van der Waals surface area contributed by atoms with Gasteiger partial charge in [0.25, 0.3) is 5.91 Å². The van der Waals surface area contributed by atoms with Crippen molar-refractivity contribution in [2.45, 2.75) is 38.0 Å². The molecule has 2 atom stereocenters. The Kier molecular flexibility index (Phi) is 3.37. The van der Waals surface area contributed by atoms with Gasteiger partial charge in [-0.3, -0.25) is 4.79 Å². The molecule has 1 fully saturated rings. The van der Waals surface area contributed by atoms with E-state index in [1.54, 1.807) is 11.3 Å². The van der Waals surface area contributed by atoms with E-state index < -0.39 is 0 Å². The van der Waals surface area contributed by atoms with Crippen LogP contribution in [0.15, 0.2) is 6.07 Å². The highest BCUT2D eigenvalue weighted by Crippen LogP contribution is 2.32. The number of aryl methyl sites for hydroxylation is 2. The van der Waals surface area contributed by atoms with E-state index in [0.29, 0.717) is 12.5 Å². The van der Waals surface area contributed by atoms with Gasteiger partial charge in [-0.25, -0.2) is 0 Å². The van der Waals surface area contributed by atoms with Gasteiger partial charge in [-0.05, 0) is 43.2 Å². The van der Waals surface area contributed by atoms with Crippen molar-refractivity contribution in [2.24, 2.45) is 5.92 Å². The molecule has 1 aliphatic carbocycles. The molecule has 4 heteroatoms. The molecule has 0 saturated carbocycles. The lowest BCUT2D eigenvalue weighted by atomic mass is 9.98. The van der Waals surface area contributed by atoms with Crippen LogP contribution < -0.4 is 0 Å². The number of fused-ring (bicyclic) bond motifs is 1. The molecule has 1 amide bonds. The molecule has 0 spiro atoms. The van der Waals surface area contributed by atoms with Crippen molar-refractivity contribution in [3.8, 4) is 0 Å². The summed E-state index contributed by atoms with van der Waals surface area (Å²) in [6.45, 7) is 3.72. The number of carbonyl (C=O) groups is 1. The number of hydrogen-bond acceptors (Lipinski definition) is 2. The highest BCUT2D eigenvalue weighted by atomic mass is 35.5. The molecule has 0 bridgehead atoms. The number of hydrogen-bond donors (Lipinski definition) is 0. The lowest BCUT2D eigenvalue weighted by Gasteiger charge is -2.33. The van der Waals surface area contributed by atoms with Crippen LogP contribution in [0.3, 0.4) is 0 Å². The van der Waals surface area contributed by atoms with Crippen molar-refractivity contribution in [2.75, 3.05) is 13.1 Å². The van der Waals surface area contributed by atoms with Gasteiger partial charge in [0.1, 0.15) is 0 Å². The highest BCUT2D eigenvalue weighted by Gasteiger charge is 2.29. The molecule has 2 aliphatic rings. The fraction of sp³-hybridized carbons (Fsp3) is 0.643. The van der Waals surface area contributed by atoms with Gasteiger partial charge in [0.05, 0.1) is 10.3 Å². The predicted octanol–water partition coefficient (Wildman–Crippen LogP) is 3.33. The Labute approximate surface area is 117 Å². The van der Waals surface area contributed by atoms with E-state index in [2.05, 4.69) is 13.0 Å². The maximum atomic E-state index is 12.4. The first-order valence-electron chi connectivity index (χ1n) is 6.70. The Morgan fingerprint density at radius 1 is 1.50 bits per heavy atom. The summed E-state index contributed by atoms with van der Waals surface area (Å²) in [6.07, 6.45) is 4.57. The topological polar surface area (TPSA) is 20.3 Å². The Morgan fingerprint density at radius 3 is 3.06 bits per heavy atom. The third-order valence-corrected chi connectivity index (χ3v) is 5.90. The summed E-state index contributed by atoms with van der Waals surface area (Å²) in [6, 6.07) is 2.11. The van der Waals surface area contributed by atoms with Gasteiger partial charge in [-0.1, -0.05) is 6.92 Å². The highest BCUT2D eigenvalue weighted by molar-refractivity contribution is 7.14. The summed E-state index contributed by atoms with van der Waals surface area (Å²) >= 11 is 7.97. The van der Waals surface area contributed by atoms with Crippen molar-refractivity contribution in [3.63, 3.8) is 0 Å². The van der Waals surface area contributed by atoms with Gasteiger partial charge in [-0.2, -0.15) is 0 Å². The van der Waals surface area contributed by atoms with Gasteiger partial charge in [0.2, 0.25) is 0 Å². The van der Waals surface area contributed by atoms with E-state index in [1.165, 1.54) is 16.9 Å². The summed E-state index contributed by atoms with van der Waals surface area (Å²) < 4.78 is 0. The fourth-order valence-corrected chi connectivity index (χ4v) is 4.31. The van der Waals surface area contributed by atoms with Gasteiger partial charge in [0, 0.05) is 18.0 Å². The fourth-order valence-electron chi connectivity index (χ4n) is 2.80. The average Bonchev–Trinajstić information content (AvgIpc) is 2.92. The van der Waals surface area contributed by atoms with Gasteiger partial charge >= 0.3 is 0 Å². The quantitative estimate of drug-likeness (QED) is 0.724. The summed E-state index contributed by atoms with van der Waals surface area (Å²) in [5, 5.41) is 0.106. The monoisotopic (exact) mass is 283 g/mol. The molecular weight excluding hydrogens is 266 g/mol. The van der Waals surface area contributed by atoms with Gasteiger partial charge in [-0.15, -0.1) is 22.9 Å². The maximum absolute atomic E-state index is 12.4. The van der Waals surface area contributed by atoms with E-state index in [-0.39, 0.29) is 11.3 Å². The third kappa shape index (κ3) is 2.19. The number of nitrogens with zero attached hydrogens (tertiary/aromatic N) is 1. The number of alkyl halides is 1. The molecule has 1 saturated heterocycles. The molecule has 0 radical (unpaired) electrons. The summed E-state index contributed by atoms with van der Waals surface area (Å²) in [5.41, 5.74) is 1.40. The van der Waals surface area contributed by atoms with Crippen molar-refractivity contribution >= 4 is 28.8 Å². The average molecular weight is 284 g/mol. The van der Waals surface area contributed by atoms with Crippen molar-refractivity contribution in [3.05, 3.63) is 21.4 Å². The van der Waals surface area contributed by atoms with Crippen molar-refractivity contribution in [1.29, 1.82) is 0 Å². The standard InChI is InChI=1S/C14H18ClNOS/c1-9-5-6-16(8-11(9)15)14(17)13-7-10-3-2-4-12(10)18-13/h7,9,11H,2-6,8H2,1H3. The molecule has 2 nitrogen and oxygen atoms in total. The maximum Gasteiger partial charge on any atom is 0.263 e. The Morgan fingerprint density at radius 2 is 2.33 bits per heavy atom. The first-order chi connectivity index (χ1) is 8.65. The molecular formula is C14H18ClNOS. The minimum Gasteiger partial charge on any atom is -0.336 e. The molecule has 1 aliphatic heterocycles. The smallest absolute Gasteiger partial charge is 0.263 e. The molecule has 0 N–H and O–H groups in total. The SMILES string of the molecule is CC1CCN(C(=O)c2cc3c(s2)CCC3)CC1Cl. The van der Waals surface area contributed by atoms with Crippen LogP contribution in [0.25, 0.3) is 0 Å². The number of likely N-dealkylation sites (tertiary alicyclic amines) is 1. The second-order valence-electron chi connectivity index (χ2n) is 5.45. The summed E-state index contributed by atoms with van der Waals surface area (Å²) in [7, 11) is 0. The molecule has 98 valence electrons. The van der Waals surface area contributed by atoms with Crippen LogP contribution in [0.2, 0.25) is 0 Å². The largest absolute Gasteiger partial charge is 0.336 e. The van der Waals surface area contributed by atoms with Crippen molar-refractivity contribution in [1.82, 2.24) is 4.90 Å². The van der Waals surface area contributed by atoms with Crippen LogP contribution in [-0.2, 0) is 12.8 Å². The normalized spacial score (nSPS) is 27.3. The number of thiophene rings is 1. The zero-order chi connectivity index (χ0) is 12.7. The zero-order valence-corrected chi connectivity index (χ0v) is 12.2. The van der Waals surface area contributed by atoms with E-state index in [0.717, 1.165) is 30.7 Å². The molecule has 18 heavy (non-hydrogen) atoms. The van der Waals surface area contributed by atoms with E-state index in [1.807, 2.05) is 4.90 Å². The van der Waals surface area contributed by atoms with Crippen LogP contribution in [0.4, 0.5) is 0 Å². The second-order valence-corrected chi connectivity index (χ2v) is 7.14. The van der Waals surface area contributed by atoms with Crippen LogP contribution in [0, 0.1) is 5.92 Å². The van der Waals surface area contributed by atoms with Crippen LogP contribution >= 0.6 is 22.9 Å². The second kappa shape index (κ2) is 4.86. The minimum atomic E-state index is 0.106. The van der Waals surface area contributed by atoms with E-state index in [9.17, 15) is 4.79 Å². The molecule has 2 heterocycles. The van der Waals surface area contributed by atoms with Crippen LogP contribution in [0.5, 0.6) is 0 Å².